The molecule has 0 radical (unpaired) electrons. The molecule has 11 nitrogen and oxygen atoms in total. The van der Waals surface area contributed by atoms with Crippen LogP contribution in [0.3, 0.4) is 0 Å². The molecule has 206 valence electrons. The highest BCUT2D eigenvalue weighted by Gasteiger charge is 2.26. The van der Waals surface area contributed by atoms with Crippen LogP contribution >= 0.6 is 0 Å². The lowest BCUT2D eigenvalue weighted by Gasteiger charge is -2.25. The lowest BCUT2D eigenvalue weighted by atomic mass is 9.86. The number of carbonyl (C=O) groups excluding carboxylic acids is 1. The number of aliphatic hydroxyl groups is 1. The summed E-state index contributed by atoms with van der Waals surface area (Å²) in [6.45, 7) is 8.17. The van der Waals surface area contributed by atoms with E-state index in [1.165, 1.54) is 13.4 Å². The smallest absolute Gasteiger partial charge is 0.251 e. The molecule has 0 fully saturated rings. The molecule has 4 N–H and O–H groups in total. The maximum atomic E-state index is 13.4. The molecule has 12 heteroatoms. The van der Waals surface area contributed by atoms with E-state index < -0.39 is 16.1 Å². The van der Waals surface area contributed by atoms with Crippen LogP contribution in [0.25, 0.3) is 0 Å². The highest BCUT2D eigenvalue weighted by molar-refractivity contribution is 7.92. The molecule has 0 saturated heterocycles. The Kier molecular flexibility index (Phi) is 9.00. The van der Waals surface area contributed by atoms with Crippen molar-refractivity contribution in [2.75, 3.05) is 41.9 Å². The molecule has 1 heterocycles. The Hall–Kier alpha value is -3.64. The van der Waals surface area contributed by atoms with E-state index in [0.29, 0.717) is 29.5 Å². The van der Waals surface area contributed by atoms with Crippen LogP contribution in [-0.4, -0.2) is 62.0 Å². The Morgan fingerprint density at radius 2 is 1.87 bits per heavy atom. The van der Waals surface area contributed by atoms with E-state index in [1.807, 2.05) is 33.8 Å². The number of nitrogens with zero attached hydrogens (tertiary/aromatic N) is 2. The SMILES string of the molecule is COc1c(NC(=O)C2=CC=C(C)C(Oc3cc(NCCO)ncn3)C2)cc(C(C)(C)C)cc1NS(C)(=O)=O. The van der Waals surface area contributed by atoms with Crippen molar-refractivity contribution in [3.8, 4) is 11.6 Å². The molecule has 1 aliphatic carbocycles. The summed E-state index contributed by atoms with van der Waals surface area (Å²) in [6.07, 6.45) is 5.80. The second-order valence-corrected chi connectivity index (χ2v) is 11.7. The normalized spacial score (nSPS) is 15.7. The number of sulfonamides is 1. The number of nitrogens with one attached hydrogen (secondary N) is 3. The minimum absolute atomic E-state index is 0.0385. The van der Waals surface area contributed by atoms with E-state index in [4.69, 9.17) is 14.6 Å². The minimum atomic E-state index is -3.59. The first-order chi connectivity index (χ1) is 17.8. The molecule has 0 aliphatic heterocycles. The van der Waals surface area contributed by atoms with Crippen molar-refractivity contribution in [2.45, 2.75) is 45.6 Å². The number of methoxy groups -OCH3 is 1. The molecule has 0 saturated carbocycles. The van der Waals surface area contributed by atoms with E-state index in [-0.39, 0.29) is 35.8 Å². The monoisotopic (exact) mass is 545 g/mol. The summed E-state index contributed by atoms with van der Waals surface area (Å²) >= 11 is 0. The van der Waals surface area contributed by atoms with Gasteiger partial charge in [0.1, 0.15) is 18.2 Å². The third-order valence-corrected chi connectivity index (χ3v) is 6.37. The molecule has 1 unspecified atom stereocenters. The summed E-state index contributed by atoms with van der Waals surface area (Å²) in [7, 11) is -2.18. The van der Waals surface area contributed by atoms with Crippen LogP contribution in [0, 0.1) is 0 Å². The molecule has 3 rings (SSSR count). The lowest BCUT2D eigenvalue weighted by Crippen LogP contribution is -2.26. The van der Waals surface area contributed by atoms with Crippen molar-refractivity contribution in [2.24, 2.45) is 0 Å². The van der Waals surface area contributed by atoms with Gasteiger partial charge in [0.2, 0.25) is 15.9 Å². The number of ether oxygens (including phenoxy) is 2. The third-order valence-electron chi connectivity index (χ3n) is 5.78. The van der Waals surface area contributed by atoms with Gasteiger partial charge in [0.15, 0.2) is 5.75 Å². The van der Waals surface area contributed by atoms with Crippen molar-refractivity contribution in [1.82, 2.24) is 9.97 Å². The Bertz CT molecular complexity index is 1350. The van der Waals surface area contributed by atoms with E-state index >= 15 is 0 Å². The Morgan fingerprint density at radius 1 is 1.16 bits per heavy atom. The van der Waals surface area contributed by atoms with Crippen LogP contribution in [-0.2, 0) is 20.2 Å². The summed E-state index contributed by atoms with van der Waals surface area (Å²) in [6, 6.07) is 5.11. The molecule has 1 amide bonds. The molecule has 1 aliphatic rings. The number of aliphatic hydroxyl groups excluding tert-OH is 1. The predicted octanol–water partition coefficient (Wildman–Crippen LogP) is 3.22. The average molecular weight is 546 g/mol. The molecular weight excluding hydrogens is 510 g/mol. The first-order valence-electron chi connectivity index (χ1n) is 12.0. The Labute approximate surface area is 223 Å². The Balaban J connectivity index is 1.85. The van der Waals surface area contributed by atoms with E-state index in [0.717, 1.165) is 17.4 Å². The summed E-state index contributed by atoms with van der Waals surface area (Å²) in [5.41, 5.74) is 2.44. The average Bonchev–Trinajstić information content (AvgIpc) is 2.82. The van der Waals surface area contributed by atoms with Crippen molar-refractivity contribution < 1.29 is 27.8 Å². The topological polar surface area (TPSA) is 152 Å². The van der Waals surface area contributed by atoms with Crippen molar-refractivity contribution in [1.29, 1.82) is 0 Å². The lowest BCUT2D eigenvalue weighted by molar-refractivity contribution is -0.113. The van der Waals surface area contributed by atoms with Crippen molar-refractivity contribution >= 4 is 33.1 Å². The molecule has 1 aromatic carbocycles. The van der Waals surface area contributed by atoms with Gasteiger partial charge in [-0.25, -0.2) is 18.4 Å². The molecule has 38 heavy (non-hydrogen) atoms. The number of hydrogen-bond donors (Lipinski definition) is 4. The zero-order chi connectivity index (χ0) is 28.1. The summed E-state index contributed by atoms with van der Waals surface area (Å²) < 4.78 is 38.0. The van der Waals surface area contributed by atoms with Gasteiger partial charge in [-0.1, -0.05) is 32.9 Å². The fourth-order valence-electron chi connectivity index (χ4n) is 3.75. The number of aromatic nitrogens is 2. The van der Waals surface area contributed by atoms with E-state index in [9.17, 15) is 13.2 Å². The van der Waals surface area contributed by atoms with Crippen molar-refractivity contribution in [3.63, 3.8) is 0 Å². The second-order valence-electron chi connectivity index (χ2n) is 9.99. The van der Waals surface area contributed by atoms with Gasteiger partial charge < -0.3 is 25.2 Å². The number of carbonyl (C=O) groups is 1. The van der Waals surface area contributed by atoms with E-state index in [1.54, 1.807) is 24.3 Å². The van der Waals surface area contributed by atoms with Gasteiger partial charge in [-0.05, 0) is 35.6 Å². The zero-order valence-electron chi connectivity index (χ0n) is 22.5. The minimum Gasteiger partial charge on any atom is -0.492 e. The van der Waals surface area contributed by atoms with Crippen LogP contribution in [0.4, 0.5) is 17.2 Å². The third kappa shape index (κ3) is 7.68. The number of amides is 1. The van der Waals surface area contributed by atoms with E-state index in [2.05, 4.69) is 25.3 Å². The summed E-state index contributed by atoms with van der Waals surface area (Å²) in [4.78, 5) is 21.6. The standard InChI is InChI=1S/C26H35N5O6S/c1-16-7-8-17(11-21(16)37-23-14-22(27-9-10-32)28-15-29-23)25(33)30-19-12-18(26(2,3)4)13-20(24(19)36-5)31-38(6,34)35/h7-8,12-15,21,31-32H,9-11H2,1-6H3,(H,30,33)(H,27,28,29). The summed E-state index contributed by atoms with van der Waals surface area (Å²) in [5, 5.41) is 14.9. The number of hydrogen-bond acceptors (Lipinski definition) is 9. The van der Waals surface area contributed by atoms with Crippen molar-refractivity contribution in [3.05, 3.63) is 53.4 Å². The maximum absolute atomic E-state index is 13.4. The molecule has 2 aromatic rings. The largest absolute Gasteiger partial charge is 0.492 e. The van der Waals surface area contributed by atoms with Gasteiger partial charge in [0.25, 0.3) is 5.91 Å². The number of anilines is 3. The van der Waals surface area contributed by atoms with Crippen LogP contribution in [0.15, 0.2) is 47.8 Å². The fourth-order valence-corrected chi connectivity index (χ4v) is 4.31. The van der Waals surface area contributed by atoms with Crippen LogP contribution in [0.1, 0.15) is 39.7 Å². The molecule has 0 bridgehead atoms. The first-order valence-corrected chi connectivity index (χ1v) is 13.9. The highest BCUT2D eigenvalue weighted by atomic mass is 32.2. The molecule has 0 spiro atoms. The van der Waals surface area contributed by atoms with Crippen LogP contribution in [0.2, 0.25) is 0 Å². The quantitative estimate of drug-likeness (QED) is 0.353. The van der Waals surface area contributed by atoms with Gasteiger partial charge in [0.05, 0.1) is 31.3 Å². The molecule has 1 atom stereocenters. The Morgan fingerprint density at radius 3 is 2.50 bits per heavy atom. The van der Waals surface area contributed by atoms with Gasteiger partial charge in [-0.2, -0.15) is 0 Å². The second kappa shape index (κ2) is 11.8. The van der Waals surface area contributed by atoms with Gasteiger partial charge in [0, 0.05) is 24.6 Å². The predicted molar refractivity (Wildman–Crippen MR) is 147 cm³/mol. The molecular formula is C26H35N5O6S. The number of rotatable bonds is 10. The number of allylic oxidation sites excluding steroid dienone is 2. The van der Waals surface area contributed by atoms with Gasteiger partial charge in [-0.15, -0.1) is 0 Å². The summed E-state index contributed by atoms with van der Waals surface area (Å²) in [5.74, 6) is 0.678. The van der Waals surface area contributed by atoms with Crippen LogP contribution < -0.4 is 24.8 Å². The highest BCUT2D eigenvalue weighted by Crippen LogP contribution is 2.39. The van der Waals surface area contributed by atoms with Crippen LogP contribution in [0.5, 0.6) is 11.6 Å². The fraction of sp³-hybridized carbons (Fsp3) is 0.423. The number of benzene rings is 1. The van der Waals surface area contributed by atoms with Gasteiger partial charge in [-0.3, -0.25) is 9.52 Å². The maximum Gasteiger partial charge on any atom is 0.251 e. The molecule has 1 aromatic heterocycles. The van der Waals surface area contributed by atoms with Gasteiger partial charge >= 0.3 is 0 Å². The first kappa shape index (κ1) is 28.9. The zero-order valence-corrected chi connectivity index (χ0v) is 23.3.